The molecule has 0 aliphatic carbocycles. The van der Waals surface area contributed by atoms with Crippen molar-refractivity contribution in [1.82, 2.24) is 5.32 Å². The second-order valence-corrected chi connectivity index (χ2v) is 6.05. The minimum Gasteiger partial charge on any atom is -0.493 e. The van der Waals surface area contributed by atoms with Gasteiger partial charge in [0.1, 0.15) is 12.4 Å². The molecule has 0 saturated heterocycles. The molecule has 0 aromatic heterocycles. The van der Waals surface area contributed by atoms with E-state index in [0.29, 0.717) is 31.3 Å². The second-order valence-electron chi connectivity index (χ2n) is 6.05. The van der Waals surface area contributed by atoms with E-state index < -0.39 is 0 Å². The van der Waals surface area contributed by atoms with Gasteiger partial charge < -0.3 is 19.5 Å². The molecule has 0 aliphatic heterocycles. The van der Waals surface area contributed by atoms with Crippen LogP contribution in [0.5, 0.6) is 17.2 Å². The van der Waals surface area contributed by atoms with Crippen molar-refractivity contribution in [3.05, 3.63) is 59.7 Å². The SMILES string of the molecule is CCCOc1ccc(/C=C/C(=O)NCCOc2cccc(C)c2)cc1OC. The van der Waals surface area contributed by atoms with E-state index in [2.05, 4.69) is 5.32 Å². The molecule has 0 saturated carbocycles. The molecular weight excluding hydrogens is 342 g/mol. The molecule has 0 bridgehead atoms. The highest BCUT2D eigenvalue weighted by atomic mass is 16.5. The zero-order valence-corrected chi connectivity index (χ0v) is 16.2. The van der Waals surface area contributed by atoms with Crippen molar-refractivity contribution >= 4 is 12.0 Å². The molecule has 2 rings (SSSR count). The fraction of sp³-hybridized carbons (Fsp3) is 0.318. The first-order valence-electron chi connectivity index (χ1n) is 9.08. The average molecular weight is 369 g/mol. The lowest BCUT2D eigenvalue weighted by Crippen LogP contribution is -2.26. The molecule has 0 atom stereocenters. The number of methoxy groups -OCH3 is 1. The molecule has 0 radical (unpaired) electrons. The van der Waals surface area contributed by atoms with Crippen LogP contribution in [0.1, 0.15) is 24.5 Å². The third kappa shape index (κ3) is 7.05. The summed E-state index contributed by atoms with van der Waals surface area (Å²) in [6.07, 6.45) is 4.16. The number of benzene rings is 2. The maximum Gasteiger partial charge on any atom is 0.244 e. The molecule has 0 unspecified atom stereocenters. The molecule has 1 N–H and O–H groups in total. The standard InChI is InChI=1S/C22H27NO4/c1-4-13-27-20-10-8-18(16-21(20)25-3)9-11-22(24)23-12-14-26-19-7-5-6-17(2)15-19/h5-11,15-16H,4,12-14H2,1-3H3,(H,23,24)/b11-9+. The van der Waals surface area contributed by atoms with Crippen molar-refractivity contribution in [3.8, 4) is 17.2 Å². The average Bonchev–Trinajstić information content (AvgIpc) is 2.68. The highest BCUT2D eigenvalue weighted by molar-refractivity contribution is 5.91. The zero-order chi connectivity index (χ0) is 19.5. The van der Waals surface area contributed by atoms with Crippen LogP contribution < -0.4 is 19.5 Å². The first kappa shape index (κ1) is 20.4. The van der Waals surface area contributed by atoms with Crippen LogP contribution in [0.15, 0.2) is 48.5 Å². The summed E-state index contributed by atoms with van der Waals surface area (Å²) in [4.78, 5) is 11.9. The third-order valence-corrected chi connectivity index (χ3v) is 3.74. The van der Waals surface area contributed by atoms with Gasteiger partial charge in [-0.15, -0.1) is 0 Å². The number of hydrogen-bond acceptors (Lipinski definition) is 4. The van der Waals surface area contributed by atoms with Crippen molar-refractivity contribution in [3.63, 3.8) is 0 Å². The van der Waals surface area contributed by atoms with Crippen LogP contribution in [0, 0.1) is 6.92 Å². The second kappa shape index (κ2) is 10.9. The van der Waals surface area contributed by atoms with E-state index >= 15 is 0 Å². The number of nitrogens with one attached hydrogen (secondary N) is 1. The van der Waals surface area contributed by atoms with Gasteiger partial charge in [-0.3, -0.25) is 4.79 Å². The molecule has 27 heavy (non-hydrogen) atoms. The summed E-state index contributed by atoms with van der Waals surface area (Å²) in [6.45, 7) is 5.55. The minimum atomic E-state index is -0.173. The van der Waals surface area contributed by atoms with Gasteiger partial charge in [0.2, 0.25) is 5.91 Å². The van der Waals surface area contributed by atoms with E-state index in [9.17, 15) is 4.79 Å². The van der Waals surface area contributed by atoms with Crippen molar-refractivity contribution in [1.29, 1.82) is 0 Å². The summed E-state index contributed by atoms with van der Waals surface area (Å²) in [5.74, 6) is 1.98. The Morgan fingerprint density at radius 1 is 1.07 bits per heavy atom. The van der Waals surface area contributed by atoms with Crippen molar-refractivity contribution in [2.45, 2.75) is 20.3 Å². The summed E-state index contributed by atoms with van der Waals surface area (Å²) in [6, 6.07) is 13.4. The van der Waals surface area contributed by atoms with Crippen LogP contribution in [0.25, 0.3) is 6.08 Å². The Balaban J connectivity index is 1.80. The number of ether oxygens (including phenoxy) is 3. The Morgan fingerprint density at radius 3 is 2.67 bits per heavy atom. The number of carbonyl (C=O) groups excluding carboxylic acids is 1. The maximum absolute atomic E-state index is 11.9. The van der Waals surface area contributed by atoms with Gasteiger partial charge >= 0.3 is 0 Å². The lowest BCUT2D eigenvalue weighted by molar-refractivity contribution is -0.116. The van der Waals surface area contributed by atoms with Gasteiger partial charge in [0, 0.05) is 6.08 Å². The van der Waals surface area contributed by atoms with Crippen molar-refractivity contribution in [2.75, 3.05) is 26.9 Å². The predicted molar refractivity (Wildman–Crippen MR) is 107 cm³/mol. The molecule has 2 aromatic carbocycles. The lowest BCUT2D eigenvalue weighted by Gasteiger charge is -2.10. The van der Waals surface area contributed by atoms with Crippen LogP contribution in [-0.4, -0.2) is 32.8 Å². The highest BCUT2D eigenvalue weighted by Gasteiger charge is 2.04. The molecule has 1 amide bonds. The van der Waals surface area contributed by atoms with Gasteiger partial charge in [-0.05, 0) is 54.8 Å². The Morgan fingerprint density at radius 2 is 1.93 bits per heavy atom. The number of carbonyl (C=O) groups is 1. The first-order chi connectivity index (χ1) is 13.1. The van der Waals surface area contributed by atoms with Gasteiger partial charge in [0.15, 0.2) is 11.5 Å². The molecule has 5 heteroatoms. The smallest absolute Gasteiger partial charge is 0.244 e. The molecule has 0 heterocycles. The predicted octanol–water partition coefficient (Wildman–Crippen LogP) is 4.00. The zero-order valence-electron chi connectivity index (χ0n) is 16.2. The number of hydrogen-bond donors (Lipinski definition) is 1. The highest BCUT2D eigenvalue weighted by Crippen LogP contribution is 2.28. The fourth-order valence-electron chi connectivity index (χ4n) is 2.40. The van der Waals surface area contributed by atoms with Crippen molar-refractivity contribution < 1.29 is 19.0 Å². The number of amides is 1. The third-order valence-electron chi connectivity index (χ3n) is 3.74. The molecule has 5 nitrogen and oxygen atoms in total. The van der Waals surface area contributed by atoms with Crippen LogP contribution >= 0.6 is 0 Å². The van der Waals surface area contributed by atoms with Crippen molar-refractivity contribution in [2.24, 2.45) is 0 Å². The molecule has 0 aliphatic rings. The van der Waals surface area contributed by atoms with Gasteiger partial charge in [-0.1, -0.05) is 25.1 Å². The lowest BCUT2D eigenvalue weighted by atomic mass is 10.2. The largest absolute Gasteiger partial charge is 0.493 e. The topological polar surface area (TPSA) is 56.8 Å². The summed E-state index contributed by atoms with van der Waals surface area (Å²) in [5.41, 5.74) is 2.00. The molecule has 2 aromatic rings. The summed E-state index contributed by atoms with van der Waals surface area (Å²) < 4.78 is 16.6. The summed E-state index contributed by atoms with van der Waals surface area (Å²) >= 11 is 0. The van der Waals surface area contributed by atoms with Crippen LogP contribution in [0.3, 0.4) is 0 Å². The molecule has 0 spiro atoms. The minimum absolute atomic E-state index is 0.173. The monoisotopic (exact) mass is 369 g/mol. The summed E-state index contributed by atoms with van der Waals surface area (Å²) in [5, 5.41) is 2.80. The van der Waals surface area contributed by atoms with E-state index in [0.717, 1.165) is 23.3 Å². The molecule has 144 valence electrons. The number of rotatable bonds is 10. The molecular formula is C22H27NO4. The Kier molecular flexibility index (Phi) is 8.23. The Hall–Kier alpha value is -2.95. The van der Waals surface area contributed by atoms with Gasteiger partial charge in [0.25, 0.3) is 0 Å². The normalized spacial score (nSPS) is 10.6. The fourth-order valence-corrected chi connectivity index (χ4v) is 2.40. The number of aryl methyl sites for hydroxylation is 1. The molecule has 0 fully saturated rings. The van der Waals surface area contributed by atoms with E-state index in [1.54, 1.807) is 13.2 Å². The van der Waals surface area contributed by atoms with E-state index in [-0.39, 0.29) is 5.91 Å². The Bertz CT molecular complexity index is 771. The Labute approximate surface area is 161 Å². The summed E-state index contributed by atoms with van der Waals surface area (Å²) in [7, 11) is 1.60. The maximum atomic E-state index is 11.9. The van der Waals surface area contributed by atoms with Gasteiger partial charge in [-0.25, -0.2) is 0 Å². The van der Waals surface area contributed by atoms with E-state index in [1.807, 2.05) is 56.3 Å². The van der Waals surface area contributed by atoms with E-state index in [4.69, 9.17) is 14.2 Å². The van der Waals surface area contributed by atoms with Gasteiger partial charge in [-0.2, -0.15) is 0 Å². The van der Waals surface area contributed by atoms with Gasteiger partial charge in [0.05, 0.1) is 20.3 Å². The van der Waals surface area contributed by atoms with Crippen LogP contribution in [0.4, 0.5) is 0 Å². The quantitative estimate of drug-likeness (QED) is 0.508. The first-order valence-corrected chi connectivity index (χ1v) is 9.08. The van der Waals surface area contributed by atoms with E-state index in [1.165, 1.54) is 6.08 Å². The van der Waals surface area contributed by atoms with Crippen LogP contribution in [0.2, 0.25) is 0 Å². The van der Waals surface area contributed by atoms with Crippen LogP contribution in [-0.2, 0) is 4.79 Å².